The monoisotopic (exact) mass is 424 g/mol. The number of hydrogen-bond donors (Lipinski definition) is 1. The van der Waals surface area contributed by atoms with E-state index in [2.05, 4.69) is 25.2 Å². The molecule has 2 fully saturated rings. The average Bonchev–Trinajstić information content (AvgIpc) is 2.74. The van der Waals surface area contributed by atoms with E-state index in [1.807, 2.05) is 23.2 Å². The molecule has 0 radical (unpaired) electrons. The van der Waals surface area contributed by atoms with E-state index in [1.54, 1.807) is 18.5 Å². The van der Waals surface area contributed by atoms with E-state index in [0.29, 0.717) is 18.2 Å². The minimum atomic E-state index is -0.0407. The summed E-state index contributed by atoms with van der Waals surface area (Å²) in [6, 6.07) is 5.62. The van der Waals surface area contributed by atoms with Gasteiger partial charge in [-0.1, -0.05) is 6.07 Å². The fourth-order valence-electron chi connectivity index (χ4n) is 3.68. The number of amides is 1. The Labute approximate surface area is 177 Å². The SMILES string of the molecule is Cl.Cl.O=C(c1ccnc(N2CCCCC2)n1)N1CCNCC1c1cccnc1. The lowest BCUT2D eigenvalue weighted by atomic mass is 10.0. The molecule has 4 heterocycles. The topological polar surface area (TPSA) is 74.2 Å². The lowest BCUT2D eigenvalue weighted by Gasteiger charge is -2.36. The van der Waals surface area contributed by atoms with Crippen LogP contribution in [-0.2, 0) is 0 Å². The Kier molecular flexibility index (Phi) is 8.41. The maximum absolute atomic E-state index is 13.2. The van der Waals surface area contributed by atoms with Crippen LogP contribution in [0.2, 0.25) is 0 Å². The third-order valence-corrected chi connectivity index (χ3v) is 5.07. The van der Waals surface area contributed by atoms with Gasteiger partial charge in [0.25, 0.3) is 5.91 Å². The number of rotatable bonds is 3. The summed E-state index contributed by atoms with van der Waals surface area (Å²) in [5.41, 5.74) is 1.51. The molecule has 1 atom stereocenters. The minimum absolute atomic E-state index is 0. The molecule has 2 aliphatic rings. The number of piperazine rings is 1. The molecule has 1 unspecified atom stereocenters. The highest BCUT2D eigenvalue weighted by atomic mass is 35.5. The summed E-state index contributed by atoms with van der Waals surface area (Å²) in [6.45, 7) is 4.09. The Morgan fingerprint density at radius 3 is 2.64 bits per heavy atom. The van der Waals surface area contributed by atoms with Crippen molar-refractivity contribution in [3.05, 3.63) is 48.0 Å². The third kappa shape index (κ3) is 4.90. The highest BCUT2D eigenvalue weighted by Gasteiger charge is 2.30. The number of piperidine rings is 1. The van der Waals surface area contributed by atoms with Crippen molar-refractivity contribution in [2.45, 2.75) is 25.3 Å². The van der Waals surface area contributed by atoms with Crippen LogP contribution in [0.25, 0.3) is 0 Å². The molecule has 1 N–H and O–H groups in total. The molecule has 2 saturated heterocycles. The molecule has 152 valence electrons. The maximum Gasteiger partial charge on any atom is 0.273 e. The van der Waals surface area contributed by atoms with Crippen LogP contribution in [0.1, 0.15) is 41.4 Å². The fraction of sp³-hybridized carbons (Fsp3) is 0.474. The Hall–Kier alpha value is -1.96. The quantitative estimate of drug-likeness (QED) is 0.815. The highest BCUT2D eigenvalue weighted by molar-refractivity contribution is 5.93. The van der Waals surface area contributed by atoms with E-state index < -0.39 is 0 Å². The lowest BCUT2D eigenvalue weighted by Crippen LogP contribution is -2.49. The van der Waals surface area contributed by atoms with Gasteiger partial charge in [-0.15, -0.1) is 24.8 Å². The summed E-state index contributed by atoms with van der Waals surface area (Å²) in [4.78, 5) is 30.4. The summed E-state index contributed by atoms with van der Waals surface area (Å²) >= 11 is 0. The van der Waals surface area contributed by atoms with Gasteiger partial charge in [0.15, 0.2) is 0 Å². The minimum Gasteiger partial charge on any atom is -0.341 e. The second-order valence-electron chi connectivity index (χ2n) is 6.79. The van der Waals surface area contributed by atoms with E-state index in [1.165, 1.54) is 6.42 Å². The highest BCUT2D eigenvalue weighted by Crippen LogP contribution is 2.24. The predicted octanol–water partition coefficient (Wildman–Crippen LogP) is 2.49. The van der Waals surface area contributed by atoms with E-state index in [-0.39, 0.29) is 36.8 Å². The van der Waals surface area contributed by atoms with Crippen molar-refractivity contribution in [2.24, 2.45) is 0 Å². The first-order valence-corrected chi connectivity index (χ1v) is 9.32. The van der Waals surface area contributed by atoms with Crippen LogP contribution in [0.5, 0.6) is 0 Å². The van der Waals surface area contributed by atoms with E-state index in [4.69, 9.17) is 0 Å². The summed E-state index contributed by atoms with van der Waals surface area (Å²) in [5.74, 6) is 0.629. The Bertz CT molecular complexity index is 757. The van der Waals surface area contributed by atoms with Gasteiger partial charge in [-0.05, 0) is 37.0 Å². The average molecular weight is 425 g/mol. The van der Waals surface area contributed by atoms with Crippen LogP contribution in [0.3, 0.4) is 0 Å². The van der Waals surface area contributed by atoms with Crippen molar-refractivity contribution < 1.29 is 4.79 Å². The molecular formula is C19H26Cl2N6O. The van der Waals surface area contributed by atoms with Crippen LogP contribution < -0.4 is 10.2 Å². The molecular weight excluding hydrogens is 399 g/mol. The number of pyridine rings is 1. The Balaban J connectivity index is 0.00000140. The smallest absolute Gasteiger partial charge is 0.273 e. The zero-order valence-electron chi connectivity index (χ0n) is 15.7. The van der Waals surface area contributed by atoms with Crippen molar-refractivity contribution in [2.75, 3.05) is 37.6 Å². The fourth-order valence-corrected chi connectivity index (χ4v) is 3.68. The summed E-state index contributed by atoms with van der Waals surface area (Å²) in [6.07, 6.45) is 8.84. The number of carbonyl (C=O) groups is 1. The predicted molar refractivity (Wildman–Crippen MR) is 113 cm³/mol. The molecule has 28 heavy (non-hydrogen) atoms. The zero-order chi connectivity index (χ0) is 17.8. The summed E-state index contributed by atoms with van der Waals surface area (Å²) in [5, 5.41) is 3.37. The molecule has 7 nitrogen and oxygen atoms in total. The van der Waals surface area contributed by atoms with Gasteiger partial charge < -0.3 is 15.1 Å². The molecule has 0 saturated carbocycles. The first kappa shape index (κ1) is 22.3. The molecule has 0 spiro atoms. The zero-order valence-corrected chi connectivity index (χ0v) is 17.3. The number of anilines is 1. The van der Waals surface area contributed by atoms with Crippen LogP contribution >= 0.6 is 24.8 Å². The molecule has 9 heteroatoms. The van der Waals surface area contributed by atoms with Crippen molar-refractivity contribution in [1.29, 1.82) is 0 Å². The second-order valence-corrected chi connectivity index (χ2v) is 6.79. The summed E-state index contributed by atoms with van der Waals surface area (Å²) < 4.78 is 0. The molecule has 0 bridgehead atoms. The van der Waals surface area contributed by atoms with Gasteiger partial charge in [0.05, 0.1) is 6.04 Å². The second kappa shape index (κ2) is 10.5. The van der Waals surface area contributed by atoms with Gasteiger partial charge in [0.1, 0.15) is 5.69 Å². The van der Waals surface area contributed by atoms with Crippen molar-refractivity contribution in [3.63, 3.8) is 0 Å². The normalized spacial score (nSPS) is 19.4. The number of halogens is 2. The Morgan fingerprint density at radius 2 is 1.89 bits per heavy atom. The third-order valence-electron chi connectivity index (χ3n) is 5.07. The largest absolute Gasteiger partial charge is 0.341 e. The van der Waals surface area contributed by atoms with Crippen molar-refractivity contribution in [3.8, 4) is 0 Å². The van der Waals surface area contributed by atoms with Crippen molar-refractivity contribution >= 4 is 36.7 Å². The first-order valence-electron chi connectivity index (χ1n) is 9.32. The van der Waals surface area contributed by atoms with Gasteiger partial charge in [-0.3, -0.25) is 9.78 Å². The van der Waals surface area contributed by atoms with Gasteiger partial charge in [0, 0.05) is 51.3 Å². The maximum atomic E-state index is 13.2. The number of hydrogen-bond acceptors (Lipinski definition) is 6. The van der Waals surface area contributed by atoms with Crippen LogP contribution in [0, 0.1) is 0 Å². The van der Waals surface area contributed by atoms with E-state index in [9.17, 15) is 4.79 Å². The molecule has 4 rings (SSSR count). The molecule has 2 aromatic rings. The van der Waals surface area contributed by atoms with E-state index >= 15 is 0 Å². The summed E-state index contributed by atoms with van der Waals surface area (Å²) in [7, 11) is 0. The Morgan fingerprint density at radius 1 is 1.07 bits per heavy atom. The molecule has 0 aromatic carbocycles. The molecule has 0 aliphatic carbocycles. The number of nitrogens with zero attached hydrogens (tertiary/aromatic N) is 5. The standard InChI is InChI=1S/C19H24N6O.2ClH/c26-18(16-6-8-22-19(23-16)24-10-2-1-3-11-24)25-12-9-21-14-17(25)15-5-4-7-20-13-15;;/h4-8,13,17,21H,1-3,9-12,14H2;2*1H. The van der Waals surface area contributed by atoms with Crippen LogP contribution in [0.4, 0.5) is 5.95 Å². The van der Waals surface area contributed by atoms with E-state index in [0.717, 1.165) is 44.6 Å². The van der Waals surface area contributed by atoms with Gasteiger partial charge in [-0.25, -0.2) is 9.97 Å². The van der Waals surface area contributed by atoms with Gasteiger partial charge >= 0.3 is 0 Å². The lowest BCUT2D eigenvalue weighted by molar-refractivity contribution is 0.0627. The first-order chi connectivity index (χ1) is 12.8. The molecule has 1 amide bonds. The molecule has 2 aromatic heterocycles. The number of aromatic nitrogens is 3. The van der Waals surface area contributed by atoms with Crippen LogP contribution in [-0.4, -0.2) is 58.5 Å². The number of nitrogens with one attached hydrogen (secondary N) is 1. The van der Waals surface area contributed by atoms with Crippen LogP contribution in [0.15, 0.2) is 36.8 Å². The van der Waals surface area contributed by atoms with Crippen molar-refractivity contribution in [1.82, 2.24) is 25.2 Å². The molecule has 2 aliphatic heterocycles. The van der Waals surface area contributed by atoms with Gasteiger partial charge in [0.2, 0.25) is 5.95 Å². The number of carbonyl (C=O) groups excluding carboxylic acids is 1. The van der Waals surface area contributed by atoms with Gasteiger partial charge in [-0.2, -0.15) is 0 Å².